The lowest BCUT2D eigenvalue weighted by molar-refractivity contribution is -0.116. The first kappa shape index (κ1) is 16.2. The van der Waals surface area contributed by atoms with Crippen LogP contribution in [0.2, 0.25) is 5.02 Å². The number of halogens is 1. The van der Waals surface area contributed by atoms with E-state index in [2.05, 4.69) is 5.43 Å². The number of rotatable bonds is 4. The van der Waals surface area contributed by atoms with Crippen LogP contribution >= 0.6 is 11.6 Å². The van der Waals surface area contributed by atoms with Gasteiger partial charge in [0.25, 0.3) is 5.91 Å². The molecule has 0 bridgehead atoms. The standard InChI is InChI=1S/C18H17ClN2O3/c1-21(14-5-3-2-4-6-14)20-17(22)8-7-13-11-15(19)18-16(12-13)23-9-10-24-18/h2-8,11-12H,9-10H2,1H3,(H,20,22)/b8-7+. The third kappa shape index (κ3) is 3.81. The van der Waals surface area contributed by atoms with Crippen LogP contribution < -0.4 is 19.9 Å². The number of fused-ring (bicyclic) bond motifs is 1. The molecule has 1 N–H and O–H groups in total. The van der Waals surface area contributed by atoms with Crippen molar-refractivity contribution in [3.8, 4) is 11.5 Å². The maximum atomic E-state index is 12.0. The molecule has 0 aromatic heterocycles. The molecule has 0 atom stereocenters. The molecule has 24 heavy (non-hydrogen) atoms. The third-order valence-corrected chi connectivity index (χ3v) is 3.75. The number of anilines is 1. The summed E-state index contributed by atoms with van der Waals surface area (Å²) in [6.45, 7) is 0.967. The molecule has 3 rings (SSSR count). The molecule has 6 heteroatoms. The van der Waals surface area contributed by atoms with E-state index in [0.717, 1.165) is 11.3 Å². The third-order valence-electron chi connectivity index (χ3n) is 3.47. The number of hydrogen-bond donors (Lipinski definition) is 1. The van der Waals surface area contributed by atoms with E-state index in [9.17, 15) is 4.79 Å². The molecular weight excluding hydrogens is 328 g/mol. The van der Waals surface area contributed by atoms with Crippen molar-refractivity contribution in [3.05, 3.63) is 59.1 Å². The summed E-state index contributed by atoms with van der Waals surface area (Å²) in [5.74, 6) is 0.899. The number of carbonyl (C=O) groups excluding carboxylic acids is 1. The predicted octanol–water partition coefficient (Wildman–Crippen LogP) is 3.29. The van der Waals surface area contributed by atoms with E-state index in [0.29, 0.717) is 29.7 Å². The van der Waals surface area contributed by atoms with E-state index in [4.69, 9.17) is 21.1 Å². The Balaban J connectivity index is 1.67. The van der Waals surface area contributed by atoms with Gasteiger partial charge in [-0.15, -0.1) is 0 Å². The normalized spacial score (nSPS) is 12.9. The molecule has 124 valence electrons. The van der Waals surface area contributed by atoms with Crippen molar-refractivity contribution >= 4 is 29.3 Å². The van der Waals surface area contributed by atoms with E-state index in [1.807, 2.05) is 30.3 Å². The average Bonchev–Trinajstić information content (AvgIpc) is 2.61. The largest absolute Gasteiger partial charge is 0.486 e. The molecular formula is C18H17ClN2O3. The Hall–Kier alpha value is -2.66. The molecule has 1 heterocycles. The van der Waals surface area contributed by atoms with E-state index in [1.165, 1.54) is 6.08 Å². The molecule has 0 saturated heterocycles. The van der Waals surface area contributed by atoms with Gasteiger partial charge in [-0.2, -0.15) is 0 Å². The van der Waals surface area contributed by atoms with Crippen molar-refractivity contribution in [1.82, 2.24) is 5.43 Å². The van der Waals surface area contributed by atoms with E-state index >= 15 is 0 Å². The zero-order valence-electron chi connectivity index (χ0n) is 13.2. The molecule has 1 aliphatic heterocycles. The van der Waals surface area contributed by atoms with E-state index < -0.39 is 0 Å². The average molecular weight is 345 g/mol. The van der Waals surface area contributed by atoms with Gasteiger partial charge in [-0.3, -0.25) is 15.2 Å². The van der Waals surface area contributed by atoms with Crippen LogP contribution in [0.3, 0.4) is 0 Å². The molecule has 0 spiro atoms. The fourth-order valence-electron chi connectivity index (χ4n) is 2.32. The lowest BCUT2D eigenvalue weighted by atomic mass is 10.1. The number of benzene rings is 2. The molecule has 0 unspecified atom stereocenters. The SMILES string of the molecule is CN(NC(=O)/C=C/c1cc(Cl)c2c(c1)OCCO2)c1ccccc1. The first-order valence-electron chi connectivity index (χ1n) is 7.50. The quantitative estimate of drug-likeness (QED) is 0.683. The minimum atomic E-state index is -0.243. The van der Waals surface area contributed by atoms with E-state index in [-0.39, 0.29) is 5.91 Å². The molecule has 0 fully saturated rings. The first-order chi connectivity index (χ1) is 11.6. The van der Waals surface area contributed by atoms with Crippen LogP contribution in [-0.4, -0.2) is 26.2 Å². The van der Waals surface area contributed by atoms with Crippen LogP contribution in [0.15, 0.2) is 48.5 Å². The highest BCUT2D eigenvalue weighted by Crippen LogP contribution is 2.38. The van der Waals surface area contributed by atoms with E-state index in [1.54, 1.807) is 30.3 Å². The van der Waals surface area contributed by atoms with Crippen molar-refractivity contribution in [1.29, 1.82) is 0 Å². The first-order valence-corrected chi connectivity index (χ1v) is 7.88. The zero-order valence-corrected chi connectivity index (χ0v) is 13.9. The van der Waals surface area contributed by atoms with Crippen molar-refractivity contribution in [3.63, 3.8) is 0 Å². The molecule has 5 nitrogen and oxygen atoms in total. The minimum absolute atomic E-state index is 0.243. The number of hydrazine groups is 1. The second kappa shape index (κ2) is 7.27. The smallest absolute Gasteiger partial charge is 0.262 e. The number of hydrogen-bond acceptors (Lipinski definition) is 4. The lowest BCUT2D eigenvalue weighted by Crippen LogP contribution is -2.38. The Morgan fingerprint density at radius 2 is 1.96 bits per heavy atom. The van der Waals surface area contributed by atoms with Gasteiger partial charge in [-0.05, 0) is 35.9 Å². The fraction of sp³-hybridized carbons (Fsp3) is 0.167. The van der Waals surface area contributed by atoms with Gasteiger partial charge in [-0.25, -0.2) is 0 Å². The van der Waals surface area contributed by atoms with Crippen LogP contribution in [0.5, 0.6) is 11.5 Å². The van der Waals surface area contributed by atoms with Gasteiger partial charge in [0.1, 0.15) is 13.2 Å². The second-order valence-electron chi connectivity index (χ2n) is 5.23. The number of amides is 1. The highest BCUT2D eigenvalue weighted by atomic mass is 35.5. The predicted molar refractivity (Wildman–Crippen MR) is 94.5 cm³/mol. The van der Waals surface area contributed by atoms with Gasteiger partial charge in [0, 0.05) is 13.1 Å². The molecule has 1 aliphatic rings. The molecule has 1 amide bonds. The Bertz CT molecular complexity index is 762. The summed E-state index contributed by atoms with van der Waals surface area (Å²) >= 11 is 6.18. The maximum absolute atomic E-state index is 12.0. The summed E-state index contributed by atoms with van der Waals surface area (Å²) in [5.41, 5.74) is 4.42. The second-order valence-corrected chi connectivity index (χ2v) is 5.64. The fourth-order valence-corrected chi connectivity index (χ4v) is 2.59. The van der Waals surface area contributed by atoms with Gasteiger partial charge in [0.15, 0.2) is 11.5 Å². The maximum Gasteiger partial charge on any atom is 0.262 e. The van der Waals surface area contributed by atoms with Crippen LogP contribution in [0, 0.1) is 0 Å². The van der Waals surface area contributed by atoms with Crippen LogP contribution in [0.1, 0.15) is 5.56 Å². The monoisotopic (exact) mass is 344 g/mol. The molecule has 2 aromatic rings. The van der Waals surface area contributed by atoms with Gasteiger partial charge in [-0.1, -0.05) is 29.8 Å². The molecule has 0 aliphatic carbocycles. The Morgan fingerprint density at radius 3 is 2.75 bits per heavy atom. The molecule has 0 radical (unpaired) electrons. The highest BCUT2D eigenvalue weighted by molar-refractivity contribution is 6.32. The van der Waals surface area contributed by atoms with Crippen molar-refractivity contribution in [2.75, 3.05) is 25.3 Å². The Labute approximate surface area is 145 Å². The van der Waals surface area contributed by atoms with Gasteiger partial charge in [0.2, 0.25) is 0 Å². The summed E-state index contributed by atoms with van der Waals surface area (Å²) in [6.07, 6.45) is 3.12. The van der Waals surface area contributed by atoms with Crippen LogP contribution in [-0.2, 0) is 4.79 Å². The van der Waals surface area contributed by atoms with Gasteiger partial charge < -0.3 is 9.47 Å². The topological polar surface area (TPSA) is 50.8 Å². The van der Waals surface area contributed by atoms with Crippen LogP contribution in [0.4, 0.5) is 5.69 Å². The summed E-state index contributed by atoms with van der Waals surface area (Å²) in [7, 11) is 1.78. The number of carbonyl (C=O) groups is 1. The highest BCUT2D eigenvalue weighted by Gasteiger charge is 2.16. The summed E-state index contributed by atoms with van der Waals surface area (Å²) in [5, 5.41) is 2.12. The number of nitrogens with one attached hydrogen (secondary N) is 1. The summed E-state index contributed by atoms with van der Waals surface area (Å²) in [6, 6.07) is 13.1. The number of nitrogens with zero attached hydrogens (tertiary/aromatic N) is 1. The van der Waals surface area contributed by atoms with Crippen LogP contribution in [0.25, 0.3) is 6.08 Å². The van der Waals surface area contributed by atoms with Gasteiger partial charge >= 0.3 is 0 Å². The number of ether oxygens (including phenoxy) is 2. The van der Waals surface area contributed by atoms with Crippen molar-refractivity contribution in [2.45, 2.75) is 0 Å². The Kier molecular flexibility index (Phi) is 4.91. The lowest BCUT2D eigenvalue weighted by Gasteiger charge is -2.20. The Morgan fingerprint density at radius 1 is 1.21 bits per heavy atom. The summed E-state index contributed by atoms with van der Waals surface area (Å²) < 4.78 is 11.0. The number of para-hydroxylation sites is 1. The van der Waals surface area contributed by atoms with Crippen molar-refractivity contribution < 1.29 is 14.3 Å². The zero-order chi connectivity index (χ0) is 16.9. The summed E-state index contributed by atoms with van der Waals surface area (Å²) in [4.78, 5) is 12.0. The van der Waals surface area contributed by atoms with Crippen molar-refractivity contribution in [2.24, 2.45) is 0 Å². The van der Waals surface area contributed by atoms with Gasteiger partial charge in [0.05, 0.1) is 10.7 Å². The minimum Gasteiger partial charge on any atom is -0.486 e. The molecule has 0 saturated carbocycles. The molecule has 2 aromatic carbocycles.